The highest BCUT2D eigenvalue weighted by atomic mass is 19.1. The molecule has 100 valence electrons. The van der Waals surface area contributed by atoms with Gasteiger partial charge >= 0.3 is 5.69 Å². The van der Waals surface area contributed by atoms with Crippen LogP contribution in [-0.2, 0) is 0 Å². The van der Waals surface area contributed by atoms with Crippen molar-refractivity contribution in [1.82, 2.24) is 4.98 Å². The lowest BCUT2D eigenvalue weighted by molar-refractivity contribution is -0.387. The van der Waals surface area contributed by atoms with Gasteiger partial charge < -0.3 is 4.74 Å². The van der Waals surface area contributed by atoms with E-state index in [0.717, 1.165) is 0 Å². The predicted octanol–water partition coefficient (Wildman–Crippen LogP) is 2.93. The molecule has 0 saturated heterocycles. The van der Waals surface area contributed by atoms with Crippen LogP contribution in [0.5, 0.6) is 11.6 Å². The van der Waals surface area contributed by atoms with Crippen LogP contribution in [0.1, 0.15) is 5.56 Å². The van der Waals surface area contributed by atoms with Gasteiger partial charge in [0, 0.05) is 12.3 Å². The lowest BCUT2D eigenvalue weighted by Gasteiger charge is -2.07. The largest absolute Gasteiger partial charge is 0.434 e. The monoisotopic (exact) mass is 277 g/mol. The Hall–Kier alpha value is -3.08. The van der Waals surface area contributed by atoms with Gasteiger partial charge in [-0.2, -0.15) is 9.65 Å². The van der Waals surface area contributed by atoms with E-state index in [9.17, 15) is 18.9 Å². The van der Waals surface area contributed by atoms with Gasteiger partial charge in [0.2, 0.25) is 11.7 Å². The maximum atomic E-state index is 13.6. The summed E-state index contributed by atoms with van der Waals surface area (Å²) in [6, 6.07) is 5.55. The van der Waals surface area contributed by atoms with Gasteiger partial charge in [-0.1, -0.05) is 0 Å². The smallest absolute Gasteiger partial charge is 0.307 e. The van der Waals surface area contributed by atoms with Gasteiger partial charge in [0.25, 0.3) is 0 Å². The van der Waals surface area contributed by atoms with Gasteiger partial charge in [0.05, 0.1) is 11.0 Å². The number of halogens is 2. The van der Waals surface area contributed by atoms with E-state index >= 15 is 0 Å². The Kier molecular flexibility index (Phi) is 3.52. The number of nitriles is 1. The molecule has 1 aromatic heterocycles. The molecule has 2 aromatic rings. The van der Waals surface area contributed by atoms with E-state index in [1.165, 1.54) is 18.3 Å². The molecule has 0 amide bonds. The van der Waals surface area contributed by atoms with E-state index < -0.39 is 28.0 Å². The number of nitro groups is 1. The Balaban J connectivity index is 2.43. The highest BCUT2D eigenvalue weighted by Crippen LogP contribution is 2.30. The molecule has 0 bridgehead atoms. The standard InChI is InChI=1S/C12H5F2N3O3/c13-8-5-11(9(14)4-10(8)17(18)19)20-12-7(6-15)2-1-3-16-12/h1-5H. The number of ether oxygens (including phenoxy) is 1. The van der Waals surface area contributed by atoms with Crippen molar-refractivity contribution in [2.24, 2.45) is 0 Å². The van der Waals surface area contributed by atoms with E-state index in [-0.39, 0.29) is 11.4 Å². The molecular weight excluding hydrogens is 272 g/mol. The number of nitrogens with zero attached hydrogens (tertiary/aromatic N) is 3. The van der Waals surface area contributed by atoms with Gasteiger partial charge in [0.1, 0.15) is 11.6 Å². The molecule has 0 spiro atoms. The zero-order valence-electron chi connectivity index (χ0n) is 9.71. The van der Waals surface area contributed by atoms with Crippen LogP contribution in [-0.4, -0.2) is 9.91 Å². The summed E-state index contributed by atoms with van der Waals surface area (Å²) >= 11 is 0. The van der Waals surface area contributed by atoms with Crippen molar-refractivity contribution in [3.63, 3.8) is 0 Å². The van der Waals surface area contributed by atoms with Crippen LogP contribution in [0.25, 0.3) is 0 Å². The number of nitro benzene ring substituents is 1. The summed E-state index contributed by atoms with van der Waals surface area (Å²) in [7, 11) is 0. The van der Waals surface area contributed by atoms with Crippen molar-refractivity contribution in [2.75, 3.05) is 0 Å². The molecule has 0 aliphatic rings. The fraction of sp³-hybridized carbons (Fsp3) is 0. The second-order valence-electron chi connectivity index (χ2n) is 3.56. The summed E-state index contributed by atoms with van der Waals surface area (Å²) < 4.78 is 32.0. The van der Waals surface area contributed by atoms with Crippen LogP contribution in [0.15, 0.2) is 30.5 Å². The van der Waals surface area contributed by atoms with Crippen LogP contribution in [0, 0.1) is 33.1 Å². The summed E-state index contributed by atoms with van der Waals surface area (Å²) in [6.45, 7) is 0. The van der Waals surface area contributed by atoms with E-state index in [2.05, 4.69) is 4.98 Å². The molecule has 1 heterocycles. The maximum absolute atomic E-state index is 13.6. The fourth-order valence-corrected chi connectivity index (χ4v) is 1.40. The lowest BCUT2D eigenvalue weighted by Crippen LogP contribution is -1.98. The third-order valence-corrected chi connectivity index (χ3v) is 2.30. The first kappa shape index (κ1) is 13.4. The third-order valence-electron chi connectivity index (χ3n) is 2.30. The minimum Gasteiger partial charge on any atom is -0.434 e. The van der Waals surface area contributed by atoms with Gasteiger partial charge in [-0.25, -0.2) is 9.37 Å². The summed E-state index contributed by atoms with van der Waals surface area (Å²) in [5.41, 5.74) is -0.984. The first-order valence-electron chi connectivity index (χ1n) is 5.19. The molecule has 0 unspecified atom stereocenters. The molecule has 2 rings (SSSR count). The molecule has 8 heteroatoms. The van der Waals surface area contributed by atoms with Crippen molar-refractivity contribution in [2.45, 2.75) is 0 Å². The van der Waals surface area contributed by atoms with Crippen molar-refractivity contribution in [1.29, 1.82) is 5.26 Å². The highest BCUT2D eigenvalue weighted by Gasteiger charge is 2.20. The fourth-order valence-electron chi connectivity index (χ4n) is 1.40. The quantitative estimate of drug-likeness (QED) is 0.635. The summed E-state index contributed by atoms with van der Waals surface area (Å²) in [5, 5.41) is 19.3. The highest BCUT2D eigenvalue weighted by molar-refractivity contribution is 5.44. The molecule has 0 saturated carbocycles. The van der Waals surface area contributed by atoms with E-state index in [1.54, 1.807) is 6.07 Å². The molecule has 0 atom stereocenters. The van der Waals surface area contributed by atoms with Crippen molar-refractivity contribution >= 4 is 5.69 Å². The van der Waals surface area contributed by atoms with Crippen LogP contribution in [0.3, 0.4) is 0 Å². The summed E-state index contributed by atoms with van der Waals surface area (Å²) in [6.07, 6.45) is 1.30. The number of hydrogen-bond acceptors (Lipinski definition) is 5. The average Bonchev–Trinajstić information content (AvgIpc) is 2.42. The minimum absolute atomic E-state index is 0.0191. The number of hydrogen-bond donors (Lipinski definition) is 0. The normalized spacial score (nSPS) is 9.85. The molecular formula is C12H5F2N3O3. The van der Waals surface area contributed by atoms with Gasteiger partial charge in [0.15, 0.2) is 11.6 Å². The van der Waals surface area contributed by atoms with Crippen molar-refractivity contribution in [3.8, 4) is 17.7 Å². The zero-order valence-corrected chi connectivity index (χ0v) is 9.71. The van der Waals surface area contributed by atoms with Gasteiger partial charge in [-0.3, -0.25) is 10.1 Å². The third kappa shape index (κ3) is 2.51. The summed E-state index contributed by atoms with van der Waals surface area (Å²) in [5.74, 6) is -3.20. The zero-order chi connectivity index (χ0) is 14.7. The number of benzene rings is 1. The topological polar surface area (TPSA) is 89.0 Å². The first-order chi connectivity index (χ1) is 9.52. The molecule has 0 N–H and O–H groups in total. The SMILES string of the molecule is N#Cc1cccnc1Oc1cc(F)c([N+](=O)[O-])cc1F. The van der Waals surface area contributed by atoms with Crippen molar-refractivity contribution < 1.29 is 18.4 Å². The minimum atomic E-state index is -1.25. The average molecular weight is 277 g/mol. The maximum Gasteiger partial charge on any atom is 0.307 e. The molecule has 0 aliphatic carbocycles. The second kappa shape index (κ2) is 5.27. The number of rotatable bonds is 3. The Bertz CT molecular complexity index is 728. The predicted molar refractivity (Wildman–Crippen MR) is 62.0 cm³/mol. The molecule has 1 aromatic carbocycles. The van der Waals surface area contributed by atoms with Crippen LogP contribution in [0.2, 0.25) is 0 Å². The van der Waals surface area contributed by atoms with E-state index in [1.807, 2.05) is 0 Å². The van der Waals surface area contributed by atoms with E-state index in [0.29, 0.717) is 12.1 Å². The van der Waals surface area contributed by atoms with Gasteiger partial charge in [-0.05, 0) is 12.1 Å². The lowest BCUT2D eigenvalue weighted by atomic mass is 10.2. The molecule has 0 radical (unpaired) electrons. The second-order valence-corrected chi connectivity index (χ2v) is 3.56. The van der Waals surface area contributed by atoms with Crippen LogP contribution >= 0.6 is 0 Å². The molecule has 6 nitrogen and oxygen atoms in total. The van der Waals surface area contributed by atoms with Crippen LogP contribution in [0.4, 0.5) is 14.5 Å². The summed E-state index contributed by atoms with van der Waals surface area (Å²) in [4.78, 5) is 13.1. The van der Waals surface area contributed by atoms with Crippen molar-refractivity contribution in [3.05, 3.63) is 57.8 Å². The Morgan fingerprint density at radius 2 is 2.10 bits per heavy atom. The first-order valence-corrected chi connectivity index (χ1v) is 5.19. The van der Waals surface area contributed by atoms with Gasteiger partial charge in [-0.15, -0.1) is 0 Å². The molecule has 20 heavy (non-hydrogen) atoms. The number of aromatic nitrogens is 1. The Morgan fingerprint density at radius 3 is 2.75 bits per heavy atom. The van der Waals surface area contributed by atoms with E-state index in [4.69, 9.17) is 10.00 Å². The Morgan fingerprint density at radius 1 is 1.35 bits per heavy atom. The van der Waals surface area contributed by atoms with Crippen LogP contribution < -0.4 is 4.74 Å². The number of pyridine rings is 1. The molecule has 0 aliphatic heterocycles. The Labute approximate surface area is 111 Å². The molecule has 0 fully saturated rings.